The van der Waals surface area contributed by atoms with Crippen molar-refractivity contribution in [1.29, 1.82) is 0 Å². The van der Waals surface area contributed by atoms with Crippen molar-refractivity contribution in [1.82, 2.24) is 14.5 Å². The average molecular weight is 376 g/mol. The fourth-order valence-corrected chi connectivity index (χ4v) is 4.68. The molecule has 5 nitrogen and oxygen atoms in total. The lowest BCUT2D eigenvalue weighted by Crippen LogP contribution is -2.36. The topological polar surface area (TPSA) is 47.4 Å². The van der Waals surface area contributed by atoms with Gasteiger partial charge in [-0.1, -0.05) is 30.3 Å². The predicted molar refractivity (Wildman–Crippen MR) is 108 cm³/mol. The number of rotatable bonds is 8. The van der Waals surface area contributed by atoms with Gasteiger partial charge in [0.15, 0.2) is 5.16 Å². The first-order valence-electron chi connectivity index (χ1n) is 9.52. The summed E-state index contributed by atoms with van der Waals surface area (Å²) in [6.45, 7) is 2.50. The zero-order chi connectivity index (χ0) is 18.4. The van der Waals surface area contributed by atoms with E-state index < -0.39 is 0 Å². The molecule has 0 radical (unpaired) electrons. The van der Waals surface area contributed by atoms with Gasteiger partial charge >= 0.3 is 0 Å². The Morgan fingerprint density at radius 3 is 2.96 bits per heavy atom. The molecule has 0 N–H and O–H groups in total. The minimum Gasteiger partial charge on any atom is -0.385 e. The van der Waals surface area contributed by atoms with Gasteiger partial charge in [0.1, 0.15) is 0 Å². The smallest absolute Gasteiger partial charge is 0.262 e. The van der Waals surface area contributed by atoms with E-state index in [-0.39, 0.29) is 5.56 Å². The van der Waals surface area contributed by atoms with Crippen molar-refractivity contribution in [2.75, 3.05) is 33.1 Å². The maximum Gasteiger partial charge on any atom is 0.262 e. The number of aromatic nitrogens is 2. The van der Waals surface area contributed by atoms with Crippen LogP contribution in [-0.4, -0.2) is 53.6 Å². The molecule has 2 heterocycles. The van der Waals surface area contributed by atoms with Crippen LogP contribution in [0.5, 0.6) is 0 Å². The van der Waals surface area contributed by atoms with Crippen molar-refractivity contribution < 1.29 is 4.74 Å². The first kappa shape index (κ1) is 19.4. The first-order chi connectivity index (χ1) is 12.7. The van der Waals surface area contributed by atoms with Gasteiger partial charge in [-0.3, -0.25) is 9.36 Å². The van der Waals surface area contributed by atoms with Crippen LogP contribution in [0.1, 0.15) is 32.1 Å². The predicted octanol–water partition coefficient (Wildman–Crippen LogP) is 3.40. The molecule has 1 aromatic heterocycles. The van der Waals surface area contributed by atoms with Crippen molar-refractivity contribution >= 4 is 22.7 Å². The molecule has 3 rings (SSSR count). The maximum atomic E-state index is 12.9. The van der Waals surface area contributed by atoms with Gasteiger partial charge in [-0.25, -0.2) is 4.98 Å². The molecule has 0 bridgehead atoms. The molecule has 142 valence electrons. The highest BCUT2D eigenvalue weighted by Gasteiger charge is 2.19. The summed E-state index contributed by atoms with van der Waals surface area (Å²) in [5.74, 6) is 0.990. The van der Waals surface area contributed by atoms with Crippen molar-refractivity contribution in [3.8, 4) is 0 Å². The normalized spacial score (nSPS) is 18.5. The number of piperidine rings is 1. The Bertz CT molecular complexity index is 777. The fraction of sp³-hybridized carbons (Fsp3) is 0.600. The summed E-state index contributed by atoms with van der Waals surface area (Å²) in [7, 11) is 3.92. The highest BCUT2D eigenvalue weighted by Crippen LogP contribution is 2.23. The van der Waals surface area contributed by atoms with E-state index in [9.17, 15) is 4.79 Å². The van der Waals surface area contributed by atoms with Crippen LogP contribution in [0.4, 0.5) is 0 Å². The standard InChI is InChI=1S/C20H29N3O2S/c1-22-12-6-5-8-16(22)11-15-26-20-21-18-10-4-3-9-17(18)19(24)23(20)13-7-14-25-2/h3-4,9-10,16H,5-8,11-15H2,1-2H3. The number of thioether (sulfide) groups is 1. The lowest BCUT2D eigenvalue weighted by molar-refractivity contribution is 0.182. The van der Waals surface area contributed by atoms with Crippen molar-refractivity contribution in [2.45, 2.75) is 49.8 Å². The quantitative estimate of drug-likeness (QED) is 0.402. The molecule has 1 fully saturated rings. The van der Waals surface area contributed by atoms with Crippen molar-refractivity contribution in [2.24, 2.45) is 0 Å². The van der Waals surface area contributed by atoms with E-state index in [0.717, 1.165) is 29.3 Å². The van der Waals surface area contributed by atoms with Gasteiger partial charge < -0.3 is 9.64 Å². The SMILES string of the molecule is COCCCn1c(SCCC2CCCCN2C)nc2ccccc2c1=O. The molecule has 1 aromatic carbocycles. The van der Waals surface area contributed by atoms with Crippen molar-refractivity contribution in [3.63, 3.8) is 0 Å². The summed E-state index contributed by atoms with van der Waals surface area (Å²) in [6.07, 6.45) is 5.88. The molecule has 1 saturated heterocycles. The average Bonchev–Trinajstić information content (AvgIpc) is 2.66. The number of para-hydroxylation sites is 1. The number of hydrogen-bond acceptors (Lipinski definition) is 5. The Hall–Kier alpha value is -1.37. The number of hydrogen-bond donors (Lipinski definition) is 0. The Labute approximate surface area is 159 Å². The van der Waals surface area contributed by atoms with Gasteiger partial charge in [0, 0.05) is 32.1 Å². The van der Waals surface area contributed by atoms with Crippen molar-refractivity contribution in [3.05, 3.63) is 34.6 Å². The second-order valence-electron chi connectivity index (χ2n) is 6.98. The molecule has 0 aliphatic carbocycles. The van der Waals surface area contributed by atoms with E-state index in [1.54, 1.807) is 18.9 Å². The molecule has 1 aliphatic heterocycles. The minimum atomic E-state index is 0.0592. The van der Waals surface area contributed by atoms with Gasteiger partial charge in [0.05, 0.1) is 10.9 Å². The first-order valence-corrected chi connectivity index (χ1v) is 10.5. The highest BCUT2D eigenvalue weighted by atomic mass is 32.2. The van der Waals surface area contributed by atoms with Crippen LogP contribution in [0.2, 0.25) is 0 Å². The summed E-state index contributed by atoms with van der Waals surface area (Å²) < 4.78 is 6.98. The largest absolute Gasteiger partial charge is 0.385 e. The lowest BCUT2D eigenvalue weighted by atomic mass is 10.0. The van der Waals surface area contributed by atoms with Gasteiger partial charge in [-0.2, -0.15) is 0 Å². The number of likely N-dealkylation sites (tertiary alicyclic amines) is 1. The third kappa shape index (κ3) is 4.67. The highest BCUT2D eigenvalue weighted by molar-refractivity contribution is 7.99. The summed E-state index contributed by atoms with van der Waals surface area (Å²) in [6, 6.07) is 8.29. The Balaban J connectivity index is 1.76. The Kier molecular flexibility index (Phi) is 7.11. The third-order valence-corrected chi connectivity index (χ3v) is 6.17. The monoisotopic (exact) mass is 375 g/mol. The van der Waals surface area contributed by atoms with Gasteiger partial charge in [-0.05, 0) is 51.4 Å². The molecule has 0 spiro atoms. The van der Waals surface area contributed by atoms with Crippen LogP contribution in [0.25, 0.3) is 10.9 Å². The Morgan fingerprint density at radius 1 is 1.31 bits per heavy atom. The van der Waals surface area contributed by atoms with Gasteiger partial charge in [-0.15, -0.1) is 0 Å². The molecule has 6 heteroatoms. The molecule has 0 saturated carbocycles. The van der Waals surface area contributed by atoms with Crippen LogP contribution in [-0.2, 0) is 11.3 Å². The number of benzene rings is 1. The van der Waals surface area contributed by atoms with E-state index in [1.165, 1.54) is 25.8 Å². The zero-order valence-electron chi connectivity index (χ0n) is 15.8. The van der Waals surface area contributed by atoms with E-state index >= 15 is 0 Å². The molecular weight excluding hydrogens is 346 g/mol. The summed E-state index contributed by atoms with van der Waals surface area (Å²) in [5, 5.41) is 1.53. The van der Waals surface area contributed by atoms with Crippen LogP contribution in [0.15, 0.2) is 34.2 Å². The van der Waals surface area contributed by atoms with E-state index in [2.05, 4.69) is 11.9 Å². The van der Waals surface area contributed by atoms with Gasteiger partial charge in [0.25, 0.3) is 5.56 Å². The molecule has 2 aromatic rings. The van der Waals surface area contributed by atoms with E-state index in [4.69, 9.17) is 9.72 Å². The third-order valence-electron chi connectivity index (χ3n) is 5.16. The van der Waals surface area contributed by atoms with Crippen LogP contribution in [0.3, 0.4) is 0 Å². The number of nitrogens with zero attached hydrogens (tertiary/aromatic N) is 3. The Morgan fingerprint density at radius 2 is 2.15 bits per heavy atom. The molecule has 26 heavy (non-hydrogen) atoms. The number of methoxy groups -OCH3 is 1. The number of ether oxygens (including phenoxy) is 1. The van der Waals surface area contributed by atoms with Crippen LogP contribution in [0, 0.1) is 0 Å². The lowest BCUT2D eigenvalue weighted by Gasteiger charge is -2.32. The molecule has 0 amide bonds. The minimum absolute atomic E-state index is 0.0592. The summed E-state index contributed by atoms with van der Waals surface area (Å²) >= 11 is 1.71. The molecule has 1 unspecified atom stereocenters. The molecule has 1 atom stereocenters. The number of fused-ring (bicyclic) bond motifs is 1. The molecule has 1 aliphatic rings. The molecular formula is C20H29N3O2S. The second-order valence-corrected chi connectivity index (χ2v) is 8.04. The maximum absolute atomic E-state index is 12.9. The summed E-state index contributed by atoms with van der Waals surface area (Å²) in [5.41, 5.74) is 0.849. The van der Waals surface area contributed by atoms with E-state index in [1.807, 2.05) is 28.8 Å². The second kappa shape index (κ2) is 9.53. The van der Waals surface area contributed by atoms with Crippen LogP contribution >= 0.6 is 11.8 Å². The van der Waals surface area contributed by atoms with Crippen LogP contribution < -0.4 is 5.56 Å². The van der Waals surface area contributed by atoms with Gasteiger partial charge in [0.2, 0.25) is 0 Å². The zero-order valence-corrected chi connectivity index (χ0v) is 16.6. The summed E-state index contributed by atoms with van der Waals surface area (Å²) in [4.78, 5) is 20.2. The van der Waals surface area contributed by atoms with E-state index in [0.29, 0.717) is 24.6 Å². The fourth-order valence-electron chi connectivity index (χ4n) is 3.62.